The van der Waals surface area contributed by atoms with Crippen LogP contribution in [-0.4, -0.2) is 11.5 Å². The molecule has 0 aliphatic rings. The molecule has 1 aromatic heterocycles. The van der Waals surface area contributed by atoms with E-state index < -0.39 is 0 Å². The number of hydrogen-bond donors (Lipinski definition) is 1. The number of halogens is 2. The van der Waals surface area contributed by atoms with Crippen molar-refractivity contribution in [3.05, 3.63) is 39.6 Å². The van der Waals surface area contributed by atoms with Gasteiger partial charge in [0.25, 0.3) is 0 Å². The van der Waals surface area contributed by atoms with Crippen molar-refractivity contribution in [3.63, 3.8) is 0 Å². The Kier molecular flexibility index (Phi) is 5.07. The first-order valence-corrected chi connectivity index (χ1v) is 7.87. The van der Waals surface area contributed by atoms with Crippen LogP contribution < -0.4 is 5.32 Å². The normalized spacial score (nSPS) is 12.6. The van der Waals surface area contributed by atoms with Gasteiger partial charge in [-0.2, -0.15) is 0 Å². The SMILES string of the molecule is CCCNC(C)c1cnc(-c2cc(F)ccc2Br)s1. The van der Waals surface area contributed by atoms with Gasteiger partial charge >= 0.3 is 0 Å². The van der Waals surface area contributed by atoms with E-state index in [4.69, 9.17) is 0 Å². The van der Waals surface area contributed by atoms with Gasteiger partial charge in [-0.05, 0) is 38.1 Å². The Morgan fingerprint density at radius 2 is 2.26 bits per heavy atom. The summed E-state index contributed by atoms with van der Waals surface area (Å²) in [4.78, 5) is 5.57. The molecule has 0 bridgehead atoms. The number of rotatable bonds is 5. The standard InChI is InChI=1S/C14H16BrFN2S/c1-3-6-17-9(2)13-8-18-14(19-13)11-7-10(16)4-5-12(11)15/h4-5,7-9,17H,3,6H2,1-2H3. The Bertz CT molecular complexity index is 556. The minimum atomic E-state index is -0.243. The molecular weight excluding hydrogens is 327 g/mol. The first-order valence-electron chi connectivity index (χ1n) is 6.26. The molecule has 1 aromatic carbocycles. The zero-order valence-electron chi connectivity index (χ0n) is 10.9. The molecule has 0 amide bonds. The Morgan fingerprint density at radius 3 is 3.00 bits per heavy atom. The van der Waals surface area contributed by atoms with Crippen molar-refractivity contribution in [1.29, 1.82) is 0 Å². The Morgan fingerprint density at radius 1 is 1.47 bits per heavy atom. The van der Waals surface area contributed by atoms with E-state index in [1.165, 1.54) is 17.0 Å². The monoisotopic (exact) mass is 342 g/mol. The topological polar surface area (TPSA) is 24.9 Å². The maximum absolute atomic E-state index is 13.3. The lowest BCUT2D eigenvalue weighted by atomic mass is 10.2. The van der Waals surface area contributed by atoms with Gasteiger partial charge in [0, 0.05) is 27.2 Å². The third-order valence-electron chi connectivity index (χ3n) is 2.81. The van der Waals surface area contributed by atoms with E-state index in [2.05, 4.69) is 40.1 Å². The predicted molar refractivity (Wildman–Crippen MR) is 81.9 cm³/mol. The molecule has 2 nitrogen and oxygen atoms in total. The summed E-state index contributed by atoms with van der Waals surface area (Å²) >= 11 is 5.04. The van der Waals surface area contributed by atoms with Crippen LogP contribution in [0.25, 0.3) is 10.6 Å². The highest BCUT2D eigenvalue weighted by molar-refractivity contribution is 9.10. The maximum atomic E-state index is 13.3. The molecule has 2 rings (SSSR count). The van der Waals surface area contributed by atoms with Gasteiger partial charge in [0.2, 0.25) is 0 Å². The van der Waals surface area contributed by atoms with Crippen LogP contribution in [-0.2, 0) is 0 Å². The third kappa shape index (κ3) is 3.61. The molecule has 1 N–H and O–H groups in total. The summed E-state index contributed by atoms with van der Waals surface area (Å²) in [6.07, 6.45) is 2.97. The minimum Gasteiger partial charge on any atom is -0.309 e. The molecule has 1 atom stereocenters. The van der Waals surface area contributed by atoms with Crippen LogP contribution in [0.5, 0.6) is 0 Å². The van der Waals surface area contributed by atoms with Crippen molar-refractivity contribution in [3.8, 4) is 10.6 Å². The number of benzene rings is 1. The van der Waals surface area contributed by atoms with Crippen LogP contribution in [0.3, 0.4) is 0 Å². The lowest BCUT2D eigenvalue weighted by Crippen LogP contribution is -2.18. The summed E-state index contributed by atoms with van der Waals surface area (Å²) < 4.78 is 14.2. The average molecular weight is 343 g/mol. The van der Waals surface area contributed by atoms with E-state index in [-0.39, 0.29) is 11.9 Å². The van der Waals surface area contributed by atoms with Crippen molar-refractivity contribution in [2.24, 2.45) is 0 Å². The van der Waals surface area contributed by atoms with E-state index in [0.29, 0.717) is 0 Å². The molecule has 1 unspecified atom stereocenters. The summed E-state index contributed by atoms with van der Waals surface area (Å²) in [5, 5.41) is 4.26. The number of nitrogens with one attached hydrogen (secondary N) is 1. The van der Waals surface area contributed by atoms with Gasteiger partial charge in [0.1, 0.15) is 10.8 Å². The quantitative estimate of drug-likeness (QED) is 0.846. The minimum absolute atomic E-state index is 0.243. The van der Waals surface area contributed by atoms with Crippen molar-refractivity contribution >= 4 is 27.3 Å². The molecule has 0 aliphatic carbocycles. The van der Waals surface area contributed by atoms with E-state index in [1.54, 1.807) is 17.4 Å². The number of aromatic nitrogens is 1. The maximum Gasteiger partial charge on any atom is 0.124 e. The van der Waals surface area contributed by atoms with Crippen LogP contribution in [0, 0.1) is 5.82 Å². The van der Waals surface area contributed by atoms with E-state index in [1.807, 2.05) is 6.20 Å². The lowest BCUT2D eigenvalue weighted by molar-refractivity contribution is 0.577. The number of nitrogens with zero attached hydrogens (tertiary/aromatic N) is 1. The summed E-state index contributed by atoms with van der Waals surface area (Å²) in [6, 6.07) is 4.94. The molecule has 1 heterocycles. The van der Waals surface area contributed by atoms with Crippen LogP contribution in [0.15, 0.2) is 28.9 Å². The molecule has 0 saturated carbocycles. The first kappa shape index (κ1) is 14.6. The highest BCUT2D eigenvalue weighted by atomic mass is 79.9. The van der Waals surface area contributed by atoms with Crippen molar-refractivity contribution < 1.29 is 4.39 Å². The molecule has 0 aliphatic heterocycles. The molecule has 2 aromatic rings. The van der Waals surface area contributed by atoms with Gasteiger partial charge in [0.15, 0.2) is 0 Å². The van der Waals surface area contributed by atoms with Crippen LogP contribution in [0.4, 0.5) is 4.39 Å². The van der Waals surface area contributed by atoms with Crippen molar-refractivity contribution in [1.82, 2.24) is 10.3 Å². The molecule has 0 spiro atoms. The fraction of sp³-hybridized carbons (Fsp3) is 0.357. The highest BCUT2D eigenvalue weighted by Crippen LogP contribution is 2.33. The van der Waals surface area contributed by atoms with E-state index in [0.717, 1.165) is 28.0 Å². The second-order valence-corrected chi connectivity index (χ2v) is 6.28. The van der Waals surface area contributed by atoms with Gasteiger partial charge in [0.05, 0.1) is 0 Å². The summed E-state index contributed by atoms with van der Waals surface area (Å²) in [6.45, 7) is 5.24. The number of hydrogen-bond acceptors (Lipinski definition) is 3. The van der Waals surface area contributed by atoms with Gasteiger partial charge in [-0.25, -0.2) is 9.37 Å². The van der Waals surface area contributed by atoms with E-state index in [9.17, 15) is 4.39 Å². The average Bonchev–Trinajstić information content (AvgIpc) is 2.88. The number of thiazole rings is 1. The van der Waals surface area contributed by atoms with E-state index >= 15 is 0 Å². The lowest BCUT2D eigenvalue weighted by Gasteiger charge is -2.09. The van der Waals surface area contributed by atoms with Gasteiger partial charge in [-0.3, -0.25) is 0 Å². The van der Waals surface area contributed by atoms with Crippen LogP contribution in [0.2, 0.25) is 0 Å². The zero-order valence-corrected chi connectivity index (χ0v) is 13.3. The molecule has 0 fully saturated rings. The van der Waals surface area contributed by atoms with Gasteiger partial charge < -0.3 is 5.32 Å². The van der Waals surface area contributed by atoms with Crippen molar-refractivity contribution in [2.45, 2.75) is 26.3 Å². The Labute approximate surface area is 125 Å². The Balaban J connectivity index is 2.23. The summed E-state index contributed by atoms with van der Waals surface area (Å²) in [5.41, 5.74) is 0.805. The smallest absolute Gasteiger partial charge is 0.124 e. The molecule has 102 valence electrons. The fourth-order valence-corrected chi connectivity index (χ4v) is 3.27. The largest absolute Gasteiger partial charge is 0.309 e. The molecule has 19 heavy (non-hydrogen) atoms. The second-order valence-electron chi connectivity index (χ2n) is 4.37. The molecule has 0 radical (unpaired) electrons. The van der Waals surface area contributed by atoms with Crippen molar-refractivity contribution in [2.75, 3.05) is 6.54 Å². The zero-order chi connectivity index (χ0) is 13.8. The fourth-order valence-electron chi connectivity index (χ4n) is 1.73. The summed E-state index contributed by atoms with van der Waals surface area (Å²) in [5.74, 6) is -0.243. The molecule has 0 saturated heterocycles. The third-order valence-corrected chi connectivity index (χ3v) is 4.71. The van der Waals surface area contributed by atoms with Gasteiger partial charge in [-0.1, -0.05) is 22.9 Å². The van der Waals surface area contributed by atoms with Crippen LogP contribution >= 0.6 is 27.3 Å². The highest BCUT2D eigenvalue weighted by Gasteiger charge is 2.12. The predicted octanol–water partition coefficient (Wildman–Crippen LogP) is 4.77. The second kappa shape index (κ2) is 6.59. The van der Waals surface area contributed by atoms with Gasteiger partial charge in [-0.15, -0.1) is 11.3 Å². The molecule has 5 heteroatoms. The van der Waals surface area contributed by atoms with Crippen LogP contribution in [0.1, 0.15) is 31.2 Å². The first-order chi connectivity index (χ1) is 9.11. The summed E-state index contributed by atoms with van der Waals surface area (Å²) in [7, 11) is 0. The Hall–Kier alpha value is -0.780. The molecular formula is C14H16BrFN2S.